The maximum Gasteiger partial charge on any atom is 0.307 e. The lowest BCUT2D eigenvalue weighted by Gasteiger charge is -2.10. The number of methoxy groups -OCH3 is 1. The molecule has 0 aromatic heterocycles. The first-order valence-corrected chi connectivity index (χ1v) is 9.44. The van der Waals surface area contributed by atoms with Crippen molar-refractivity contribution in [3.8, 4) is 5.75 Å². The van der Waals surface area contributed by atoms with Gasteiger partial charge in [-0.25, -0.2) is 8.42 Å². The standard InChI is InChI=1S/C18H21NO6S/c1-24-11-2-12-25-16-7-9-17(10-8-16)26(22,23)19-15-5-3-14(4-6-15)13-18(20)21/h3-10,19H,2,11-13H2,1H3,(H,20,21). The van der Waals surface area contributed by atoms with Crippen molar-refractivity contribution in [3.05, 3.63) is 54.1 Å². The number of ether oxygens (including phenoxy) is 2. The van der Waals surface area contributed by atoms with Crippen LogP contribution in [0.15, 0.2) is 53.4 Å². The number of carbonyl (C=O) groups is 1. The van der Waals surface area contributed by atoms with Crippen LogP contribution in [0.5, 0.6) is 5.75 Å². The summed E-state index contributed by atoms with van der Waals surface area (Å²) in [4.78, 5) is 10.8. The van der Waals surface area contributed by atoms with E-state index in [1.807, 2.05) is 0 Å². The molecule has 2 aromatic rings. The normalized spacial score (nSPS) is 11.1. The molecular formula is C18H21NO6S. The van der Waals surface area contributed by atoms with Gasteiger partial charge >= 0.3 is 5.97 Å². The van der Waals surface area contributed by atoms with Gasteiger partial charge < -0.3 is 14.6 Å². The van der Waals surface area contributed by atoms with Gasteiger partial charge in [-0.05, 0) is 42.0 Å². The highest BCUT2D eigenvalue weighted by Gasteiger charge is 2.14. The van der Waals surface area contributed by atoms with Gasteiger partial charge in [0.25, 0.3) is 10.0 Å². The van der Waals surface area contributed by atoms with E-state index in [2.05, 4.69) is 4.72 Å². The molecule has 0 aliphatic rings. The molecule has 0 saturated heterocycles. The van der Waals surface area contributed by atoms with Crippen molar-refractivity contribution >= 4 is 21.7 Å². The fourth-order valence-electron chi connectivity index (χ4n) is 2.19. The van der Waals surface area contributed by atoms with Crippen LogP contribution in [-0.2, 0) is 26.0 Å². The second-order valence-corrected chi connectivity index (χ2v) is 7.22. The molecule has 140 valence electrons. The first kappa shape index (κ1) is 19.7. The molecule has 2 N–H and O–H groups in total. The smallest absolute Gasteiger partial charge is 0.307 e. The molecule has 0 aliphatic heterocycles. The van der Waals surface area contributed by atoms with E-state index >= 15 is 0 Å². The van der Waals surface area contributed by atoms with Crippen LogP contribution in [0.4, 0.5) is 5.69 Å². The molecule has 0 heterocycles. The molecule has 0 amide bonds. The molecule has 0 bridgehead atoms. The number of aliphatic carboxylic acids is 1. The largest absolute Gasteiger partial charge is 0.494 e. The average Bonchev–Trinajstić information content (AvgIpc) is 2.60. The van der Waals surface area contributed by atoms with Crippen LogP contribution < -0.4 is 9.46 Å². The minimum absolute atomic E-state index is 0.108. The first-order valence-electron chi connectivity index (χ1n) is 7.96. The van der Waals surface area contributed by atoms with Gasteiger partial charge in [-0.3, -0.25) is 9.52 Å². The topological polar surface area (TPSA) is 102 Å². The second-order valence-electron chi connectivity index (χ2n) is 5.54. The maximum absolute atomic E-state index is 12.4. The SMILES string of the molecule is COCCCOc1ccc(S(=O)(=O)Nc2ccc(CC(=O)O)cc2)cc1. The highest BCUT2D eigenvalue weighted by Crippen LogP contribution is 2.20. The predicted molar refractivity (Wildman–Crippen MR) is 97.0 cm³/mol. The molecular weight excluding hydrogens is 358 g/mol. The average molecular weight is 379 g/mol. The highest BCUT2D eigenvalue weighted by atomic mass is 32.2. The van der Waals surface area contributed by atoms with E-state index in [-0.39, 0.29) is 11.3 Å². The molecule has 0 spiro atoms. The van der Waals surface area contributed by atoms with E-state index in [1.165, 1.54) is 24.3 Å². The minimum Gasteiger partial charge on any atom is -0.494 e. The molecule has 8 heteroatoms. The number of nitrogens with one attached hydrogen (secondary N) is 1. The van der Waals surface area contributed by atoms with Gasteiger partial charge in [-0.1, -0.05) is 12.1 Å². The zero-order chi connectivity index (χ0) is 19.0. The zero-order valence-electron chi connectivity index (χ0n) is 14.3. The van der Waals surface area contributed by atoms with Crippen LogP contribution in [0.2, 0.25) is 0 Å². The van der Waals surface area contributed by atoms with Crippen LogP contribution in [0.3, 0.4) is 0 Å². The van der Waals surface area contributed by atoms with Crippen LogP contribution in [-0.4, -0.2) is 39.8 Å². The van der Waals surface area contributed by atoms with Gasteiger partial charge in [-0.15, -0.1) is 0 Å². The number of hydrogen-bond acceptors (Lipinski definition) is 5. The van der Waals surface area contributed by atoms with Crippen molar-refractivity contribution in [2.45, 2.75) is 17.7 Å². The maximum atomic E-state index is 12.4. The molecule has 7 nitrogen and oxygen atoms in total. The minimum atomic E-state index is -3.74. The van der Waals surface area contributed by atoms with Crippen LogP contribution in [0, 0.1) is 0 Å². The molecule has 0 radical (unpaired) electrons. The summed E-state index contributed by atoms with van der Waals surface area (Å²) in [5.74, 6) is -0.360. The third-order valence-corrected chi connectivity index (χ3v) is 4.85. The number of carboxylic acids is 1. The van der Waals surface area contributed by atoms with Gasteiger partial charge in [0.2, 0.25) is 0 Å². The number of rotatable bonds is 10. The van der Waals surface area contributed by atoms with E-state index in [1.54, 1.807) is 31.4 Å². The van der Waals surface area contributed by atoms with E-state index in [0.29, 0.717) is 30.2 Å². The third-order valence-electron chi connectivity index (χ3n) is 3.46. The zero-order valence-corrected chi connectivity index (χ0v) is 15.2. The summed E-state index contributed by atoms with van der Waals surface area (Å²) in [7, 11) is -2.12. The summed E-state index contributed by atoms with van der Waals surface area (Å²) < 4.78 is 37.7. The Balaban J connectivity index is 1.99. The number of carboxylic acid groups (broad SMARTS) is 1. The summed E-state index contributed by atoms with van der Waals surface area (Å²) in [6.45, 7) is 1.09. The molecule has 0 aliphatic carbocycles. The summed E-state index contributed by atoms with van der Waals surface area (Å²) in [6.07, 6.45) is 0.634. The lowest BCUT2D eigenvalue weighted by molar-refractivity contribution is -0.136. The molecule has 26 heavy (non-hydrogen) atoms. The van der Waals surface area contributed by atoms with Gasteiger partial charge in [0.15, 0.2) is 0 Å². The van der Waals surface area contributed by atoms with Crippen molar-refractivity contribution in [2.75, 3.05) is 25.0 Å². The Hall–Kier alpha value is -2.58. The van der Waals surface area contributed by atoms with Crippen LogP contribution >= 0.6 is 0 Å². The monoisotopic (exact) mass is 379 g/mol. The Morgan fingerprint density at radius 1 is 1.04 bits per heavy atom. The van der Waals surface area contributed by atoms with Gasteiger partial charge in [0.05, 0.1) is 17.9 Å². The van der Waals surface area contributed by atoms with E-state index in [0.717, 1.165) is 6.42 Å². The van der Waals surface area contributed by atoms with E-state index < -0.39 is 16.0 Å². The van der Waals surface area contributed by atoms with Crippen molar-refractivity contribution < 1.29 is 27.8 Å². The van der Waals surface area contributed by atoms with Crippen molar-refractivity contribution in [1.82, 2.24) is 0 Å². The molecule has 2 rings (SSSR count). The fourth-order valence-corrected chi connectivity index (χ4v) is 3.25. The van der Waals surface area contributed by atoms with Crippen LogP contribution in [0.1, 0.15) is 12.0 Å². The van der Waals surface area contributed by atoms with E-state index in [9.17, 15) is 13.2 Å². The second kappa shape index (κ2) is 9.21. The van der Waals surface area contributed by atoms with E-state index in [4.69, 9.17) is 14.6 Å². The van der Waals surface area contributed by atoms with Gasteiger partial charge in [0, 0.05) is 25.8 Å². The van der Waals surface area contributed by atoms with Crippen molar-refractivity contribution in [3.63, 3.8) is 0 Å². The quantitative estimate of drug-likeness (QED) is 0.615. The Labute approximate surface area is 152 Å². The molecule has 0 unspecified atom stereocenters. The summed E-state index contributed by atoms with van der Waals surface area (Å²) in [5, 5.41) is 8.75. The summed E-state index contributed by atoms with van der Waals surface area (Å²) in [6, 6.07) is 12.3. The number of sulfonamides is 1. The summed E-state index contributed by atoms with van der Waals surface area (Å²) >= 11 is 0. The molecule has 0 fully saturated rings. The van der Waals surface area contributed by atoms with Crippen molar-refractivity contribution in [2.24, 2.45) is 0 Å². The fraction of sp³-hybridized carbons (Fsp3) is 0.278. The number of anilines is 1. The Kier molecular flexibility index (Phi) is 6.99. The lowest BCUT2D eigenvalue weighted by Crippen LogP contribution is -2.13. The number of hydrogen-bond donors (Lipinski definition) is 2. The Bertz CT molecular complexity index is 816. The summed E-state index contributed by atoms with van der Waals surface area (Å²) in [5.41, 5.74) is 0.953. The van der Waals surface area contributed by atoms with Crippen molar-refractivity contribution in [1.29, 1.82) is 0 Å². The highest BCUT2D eigenvalue weighted by molar-refractivity contribution is 7.92. The number of benzene rings is 2. The Morgan fingerprint density at radius 3 is 2.27 bits per heavy atom. The molecule has 0 saturated carbocycles. The predicted octanol–water partition coefficient (Wildman–Crippen LogP) is 2.53. The third kappa shape index (κ3) is 6.05. The van der Waals surface area contributed by atoms with Crippen LogP contribution in [0.25, 0.3) is 0 Å². The van der Waals surface area contributed by atoms with Gasteiger partial charge in [0.1, 0.15) is 5.75 Å². The Morgan fingerprint density at radius 2 is 1.69 bits per heavy atom. The lowest BCUT2D eigenvalue weighted by atomic mass is 10.1. The van der Waals surface area contributed by atoms with Gasteiger partial charge in [-0.2, -0.15) is 0 Å². The molecule has 2 aromatic carbocycles. The molecule has 0 atom stereocenters. The first-order chi connectivity index (χ1) is 12.4.